The first-order valence-corrected chi connectivity index (χ1v) is 23.7. The Morgan fingerprint density at radius 2 is 0.375 bits per heavy atom. The van der Waals surface area contributed by atoms with Crippen molar-refractivity contribution in [3.63, 3.8) is 0 Å². The second kappa shape index (κ2) is 16.2. The minimum absolute atomic E-state index is 0.930. The summed E-state index contributed by atoms with van der Waals surface area (Å²) in [6.07, 6.45) is 45.7. The van der Waals surface area contributed by atoms with E-state index in [2.05, 4.69) is 8.53 Å². The third kappa shape index (κ3) is 7.69. The van der Waals surface area contributed by atoms with Crippen LogP contribution in [0.1, 0.15) is 193 Å². The number of nitrogens with zero attached hydrogens (tertiary/aromatic N) is 3. The van der Waals surface area contributed by atoms with Crippen molar-refractivity contribution in [2.24, 2.45) is 0 Å². The Hall–Kier alpha value is 0.763. The van der Waals surface area contributed by atoms with Crippen molar-refractivity contribution in [2.45, 2.75) is 229 Å². The summed E-state index contributed by atoms with van der Waals surface area (Å²) < 4.78 is 10.7. The molecule has 3 nitrogen and oxygen atoms in total. The van der Waals surface area contributed by atoms with E-state index < -0.39 is 22.6 Å². The molecule has 0 bridgehead atoms. The fraction of sp³-hybridized carbons (Fsp3) is 1.00. The zero-order valence-corrected chi connectivity index (χ0v) is 29.9. The Morgan fingerprint density at radius 1 is 0.225 bits per heavy atom. The van der Waals surface area contributed by atoms with Gasteiger partial charge in [0, 0.05) is 0 Å². The van der Waals surface area contributed by atoms with Crippen molar-refractivity contribution in [2.75, 3.05) is 0 Å². The van der Waals surface area contributed by atoms with Crippen molar-refractivity contribution in [3.05, 3.63) is 0 Å². The summed E-state index contributed by atoms with van der Waals surface area (Å²) in [4.78, 5) is 0. The zero-order valence-electron chi connectivity index (χ0n) is 26.5. The first-order chi connectivity index (χ1) is 19.9. The topological polar surface area (TPSA) is 9.72 Å². The molecular formula is C36H66BiN3. The van der Waals surface area contributed by atoms with Gasteiger partial charge in [-0.15, -0.1) is 0 Å². The second-order valence-corrected chi connectivity index (χ2v) is 22.6. The van der Waals surface area contributed by atoms with E-state index >= 15 is 0 Å². The Labute approximate surface area is 258 Å². The summed E-state index contributed by atoms with van der Waals surface area (Å²) in [6, 6.07) is 5.58. The van der Waals surface area contributed by atoms with Crippen molar-refractivity contribution in [3.8, 4) is 0 Å². The summed E-state index contributed by atoms with van der Waals surface area (Å²) in [6.45, 7) is 0. The SMILES string of the molecule is C1CCC([N](C2CCCCC2)[Bi]([N](C2CCCCC2)C2CCCCC2)[N](C2CCCCC2)C2CCCCC2)CC1. The van der Waals surface area contributed by atoms with Gasteiger partial charge in [0.05, 0.1) is 0 Å². The predicted octanol–water partition coefficient (Wildman–Crippen LogP) is 9.87. The Bertz CT molecular complexity index is 546. The van der Waals surface area contributed by atoms with Crippen LogP contribution >= 0.6 is 0 Å². The van der Waals surface area contributed by atoms with Crippen LogP contribution in [0.3, 0.4) is 0 Å². The minimum atomic E-state index is -2.51. The van der Waals surface area contributed by atoms with Crippen LogP contribution in [0.25, 0.3) is 0 Å². The van der Waals surface area contributed by atoms with Gasteiger partial charge in [-0.05, 0) is 0 Å². The molecule has 0 N–H and O–H groups in total. The van der Waals surface area contributed by atoms with Crippen LogP contribution in [0.5, 0.6) is 0 Å². The molecule has 230 valence electrons. The van der Waals surface area contributed by atoms with Crippen LogP contribution in [0, 0.1) is 0 Å². The summed E-state index contributed by atoms with van der Waals surface area (Å²) in [5, 5.41) is 0. The van der Waals surface area contributed by atoms with Gasteiger partial charge in [-0.3, -0.25) is 0 Å². The van der Waals surface area contributed by atoms with E-state index in [1.807, 2.05) is 0 Å². The van der Waals surface area contributed by atoms with Crippen LogP contribution in [0.2, 0.25) is 0 Å². The quantitative estimate of drug-likeness (QED) is 0.218. The van der Waals surface area contributed by atoms with Crippen molar-refractivity contribution in [1.29, 1.82) is 0 Å². The predicted molar refractivity (Wildman–Crippen MR) is 173 cm³/mol. The maximum absolute atomic E-state index is 3.57. The van der Waals surface area contributed by atoms with Gasteiger partial charge in [-0.25, -0.2) is 0 Å². The molecule has 0 saturated heterocycles. The van der Waals surface area contributed by atoms with Gasteiger partial charge in [0.1, 0.15) is 0 Å². The van der Waals surface area contributed by atoms with Crippen LogP contribution in [-0.2, 0) is 0 Å². The van der Waals surface area contributed by atoms with E-state index in [0.29, 0.717) is 0 Å². The molecular weight excluding hydrogens is 683 g/mol. The molecule has 0 aromatic rings. The molecule has 0 aliphatic heterocycles. The molecule has 6 aliphatic rings. The van der Waals surface area contributed by atoms with E-state index in [9.17, 15) is 0 Å². The average Bonchev–Trinajstić information content (AvgIpc) is 3.04. The summed E-state index contributed by atoms with van der Waals surface area (Å²) in [5.74, 6) is 0. The van der Waals surface area contributed by atoms with Crippen LogP contribution in [0.4, 0.5) is 0 Å². The fourth-order valence-corrected chi connectivity index (χ4v) is 25.2. The third-order valence-electron chi connectivity index (χ3n) is 12.3. The van der Waals surface area contributed by atoms with Gasteiger partial charge >= 0.3 is 260 Å². The van der Waals surface area contributed by atoms with Crippen molar-refractivity contribution in [1.82, 2.24) is 8.53 Å². The molecule has 0 aromatic heterocycles. The molecule has 0 spiro atoms. The standard InChI is InChI=1S/3C12H22N.Bi/c3*1-3-7-11(8-4-1)13-12-9-5-2-6-10-12;/h3*11-12H,1-10H2;/q3*-1;+3. The maximum atomic E-state index is 3.57. The van der Waals surface area contributed by atoms with E-state index in [-0.39, 0.29) is 0 Å². The molecule has 0 unspecified atom stereocenters. The van der Waals surface area contributed by atoms with E-state index in [0.717, 1.165) is 36.3 Å². The molecule has 0 amide bonds. The molecule has 40 heavy (non-hydrogen) atoms. The van der Waals surface area contributed by atoms with Crippen LogP contribution in [-0.4, -0.2) is 67.4 Å². The van der Waals surface area contributed by atoms with E-state index in [4.69, 9.17) is 0 Å². The third-order valence-corrected chi connectivity index (χ3v) is 24.7. The van der Waals surface area contributed by atoms with Gasteiger partial charge < -0.3 is 0 Å². The van der Waals surface area contributed by atoms with Gasteiger partial charge in [-0.2, -0.15) is 0 Å². The van der Waals surface area contributed by atoms with Gasteiger partial charge in [0.15, 0.2) is 0 Å². The Balaban J connectivity index is 1.45. The van der Waals surface area contributed by atoms with Crippen LogP contribution in [0.15, 0.2) is 0 Å². The molecule has 0 atom stereocenters. The van der Waals surface area contributed by atoms with Crippen molar-refractivity contribution < 1.29 is 0 Å². The normalized spacial score (nSPS) is 28.8. The second-order valence-electron chi connectivity index (χ2n) is 15.2. The Kier molecular flexibility index (Phi) is 12.5. The monoisotopic (exact) mass is 750 g/mol. The molecule has 0 heterocycles. The fourth-order valence-electron chi connectivity index (χ4n) is 10.2. The van der Waals surface area contributed by atoms with E-state index in [1.54, 1.807) is 0 Å². The molecule has 6 aliphatic carbocycles. The molecule has 4 heteroatoms. The molecule has 0 radical (unpaired) electrons. The van der Waals surface area contributed by atoms with Gasteiger partial charge in [-0.1, -0.05) is 0 Å². The summed E-state index contributed by atoms with van der Waals surface area (Å²) >= 11 is -2.51. The first kappa shape index (κ1) is 30.8. The molecule has 6 rings (SSSR count). The number of hydrogen-bond donors (Lipinski definition) is 0. The van der Waals surface area contributed by atoms with Crippen molar-refractivity contribution >= 4 is 22.6 Å². The van der Waals surface area contributed by atoms with Gasteiger partial charge in [0.25, 0.3) is 0 Å². The first-order valence-electron chi connectivity index (χ1n) is 19.0. The molecule has 6 saturated carbocycles. The Morgan fingerprint density at radius 3 is 0.525 bits per heavy atom. The molecule has 6 fully saturated rings. The van der Waals surface area contributed by atoms with Gasteiger partial charge in [0.2, 0.25) is 0 Å². The summed E-state index contributed by atoms with van der Waals surface area (Å²) in [7, 11) is 0. The summed E-state index contributed by atoms with van der Waals surface area (Å²) in [5.41, 5.74) is 0. The molecule has 0 aromatic carbocycles. The number of hydrogen-bond acceptors (Lipinski definition) is 3. The average molecular weight is 750 g/mol. The van der Waals surface area contributed by atoms with Crippen LogP contribution < -0.4 is 0 Å². The zero-order chi connectivity index (χ0) is 27.0. The van der Waals surface area contributed by atoms with E-state index in [1.165, 1.54) is 193 Å². The number of rotatable bonds is 9.